The van der Waals surface area contributed by atoms with Gasteiger partial charge in [0.05, 0.1) is 20.1 Å². The first-order valence-corrected chi connectivity index (χ1v) is 5.12. The molecule has 88 valence electrons. The molecule has 0 saturated heterocycles. The molecule has 2 N–H and O–H groups in total. The smallest absolute Gasteiger partial charge is 0.304 e. The molecular weight excluding hydrogens is 232 g/mol. The van der Waals surface area contributed by atoms with Crippen LogP contribution in [0, 0.1) is 0 Å². The molecule has 0 aliphatic rings. The number of carboxylic acids is 1. The van der Waals surface area contributed by atoms with Crippen LogP contribution >= 0.6 is 11.6 Å². The second-order valence-corrected chi connectivity index (χ2v) is 3.77. The molecule has 0 amide bonds. The van der Waals surface area contributed by atoms with E-state index in [9.17, 15) is 4.79 Å². The Kier molecular flexibility index (Phi) is 4.58. The van der Waals surface area contributed by atoms with Crippen LogP contribution in [-0.2, 0) is 4.79 Å². The zero-order chi connectivity index (χ0) is 12.1. The van der Waals surface area contributed by atoms with E-state index >= 15 is 0 Å². The summed E-state index contributed by atoms with van der Waals surface area (Å²) in [7, 11) is 1.52. The number of carbonyl (C=O) groups is 1. The molecule has 0 aliphatic heterocycles. The van der Waals surface area contributed by atoms with Crippen LogP contribution in [0.25, 0.3) is 0 Å². The maximum Gasteiger partial charge on any atom is 0.304 e. The zero-order valence-corrected chi connectivity index (χ0v) is 9.57. The van der Waals surface area contributed by atoms with E-state index in [0.717, 1.165) is 0 Å². The molecule has 4 nitrogen and oxygen atoms in total. The number of aliphatic hydroxyl groups excluding tert-OH is 1. The number of rotatable bonds is 5. The minimum absolute atomic E-state index is 0.150. The van der Waals surface area contributed by atoms with Gasteiger partial charge in [-0.2, -0.15) is 0 Å². The first-order valence-electron chi connectivity index (χ1n) is 4.74. The third kappa shape index (κ3) is 3.12. The first kappa shape index (κ1) is 12.8. The number of hydrogen-bond donors (Lipinski definition) is 2. The van der Waals surface area contributed by atoms with Crippen LogP contribution in [0.4, 0.5) is 0 Å². The predicted octanol–water partition coefficient (Wildman–Crippen LogP) is 1.90. The predicted molar refractivity (Wildman–Crippen MR) is 60.1 cm³/mol. The van der Waals surface area contributed by atoms with Gasteiger partial charge in [-0.3, -0.25) is 4.79 Å². The fraction of sp³-hybridized carbons (Fsp3) is 0.364. The van der Waals surface area contributed by atoms with E-state index in [2.05, 4.69) is 0 Å². The molecule has 0 aromatic heterocycles. The molecule has 5 heteroatoms. The lowest BCUT2D eigenvalue weighted by Gasteiger charge is -2.14. The monoisotopic (exact) mass is 244 g/mol. The van der Waals surface area contributed by atoms with E-state index in [4.69, 9.17) is 26.6 Å². The molecular formula is C11H13ClO4. The second kappa shape index (κ2) is 5.72. The Bertz CT molecular complexity index is 378. The summed E-state index contributed by atoms with van der Waals surface area (Å²) in [4.78, 5) is 10.6. The Hall–Kier alpha value is -1.26. The number of ether oxygens (including phenoxy) is 1. The number of hydrogen-bond acceptors (Lipinski definition) is 3. The number of halogens is 1. The highest BCUT2D eigenvalue weighted by atomic mass is 35.5. The van der Waals surface area contributed by atoms with Gasteiger partial charge in [-0.25, -0.2) is 0 Å². The van der Waals surface area contributed by atoms with Gasteiger partial charge in [0.25, 0.3) is 0 Å². The van der Waals surface area contributed by atoms with E-state index < -0.39 is 11.9 Å². The van der Waals surface area contributed by atoms with Gasteiger partial charge >= 0.3 is 5.97 Å². The van der Waals surface area contributed by atoms with Crippen molar-refractivity contribution in [3.8, 4) is 5.75 Å². The van der Waals surface area contributed by atoms with E-state index in [0.29, 0.717) is 16.3 Å². The fourth-order valence-corrected chi connectivity index (χ4v) is 1.77. The van der Waals surface area contributed by atoms with E-state index in [1.165, 1.54) is 7.11 Å². The molecule has 1 atom stereocenters. The molecule has 1 aromatic rings. The molecule has 0 fully saturated rings. The van der Waals surface area contributed by atoms with Crippen LogP contribution in [0.3, 0.4) is 0 Å². The average molecular weight is 245 g/mol. The fourth-order valence-electron chi connectivity index (χ4n) is 1.45. The minimum atomic E-state index is -0.967. The maximum atomic E-state index is 10.6. The van der Waals surface area contributed by atoms with Crippen molar-refractivity contribution in [1.29, 1.82) is 0 Å². The standard InChI is InChI=1S/C11H13ClO4/c1-16-8-2-3-9(10(12)5-8)7(6-13)4-11(14)15/h2-3,5,7,13H,4,6H2,1H3,(H,14,15). The van der Waals surface area contributed by atoms with E-state index in [1.54, 1.807) is 18.2 Å². The molecule has 1 aromatic carbocycles. The van der Waals surface area contributed by atoms with Crippen molar-refractivity contribution in [3.05, 3.63) is 28.8 Å². The molecule has 1 unspecified atom stereocenters. The summed E-state index contributed by atoms with van der Waals surface area (Å²) in [6.07, 6.45) is -0.150. The lowest BCUT2D eigenvalue weighted by atomic mass is 9.96. The molecule has 0 bridgehead atoms. The van der Waals surface area contributed by atoms with Crippen LogP contribution < -0.4 is 4.74 Å². The number of benzene rings is 1. The number of aliphatic carboxylic acids is 1. The van der Waals surface area contributed by atoms with Gasteiger partial charge in [0, 0.05) is 10.9 Å². The van der Waals surface area contributed by atoms with Crippen LogP contribution in [0.5, 0.6) is 5.75 Å². The van der Waals surface area contributed by atoms with Crippen LogP contribution in [0.1, 0.15) is 17.9 Å². The Morgan fingerprint density at radius 1 is 1.56 bits per heavy atom. The van der Waals surface area contributed by atoms with Gasteiger partial charge in [0.15, 0.2) is 0 Å². The van der Waals surface area contributed by atoms with Gasteiger partial charge in [0.1, 0.15) is 5.75 Å². The lowest BCUT2D eigenvalue weighted by Crippen LogP contribution is -2.10. The highest BCUT2D eigenvalue weighted by Gasteiger charge is 2.17. The Labute approximate surface area is 98.4 Å². The lowest BCUT2D eigenvalue weighted by molar-refractivity contribution is -0.137. The molecule has 0 aliphatic carbocycles. The highest BCUT2D eigenvalue weighted by molar-refractivity contribution is 6.31. The second-order valence-electron chi connectivity index (χ2n) is 3.36. The topological polar surface area (TPSA) is 66.8 Å². The van der Waals surface area contributed by atoms with Crippen LogP contribution in [0.2, 0.25) is 5.02 Å². The zero-order valence-electron chi connectivity index (χ0n) is 8.81. The third-order valence-electron chi connectivity index (χ3n) is 2.29. The summed E-state index contributed by atoms with van der Waals surface area (Å²) in [5.74, 6) is -0.859. The van der Waals surface area contributed by atoms with Crippen molar-refractivity contribution >= 4 is 17.6 Å². The molecule has 0 radical (unpaired) electrons. The average Bonchev–Trinajstić information content (AvgIpc) is 2.25. The van der Waals surface area contributed by atoms with E-state index in [1.807, 2.05) is 0 Å². The van der Waals surface area contributed by atoms with E-state index in [-0.39, 0.29) is 13.0 Å². The van der Waals surface area contributed by atoms with Crippen molar-refractivity contribution in [2.75, 3.05) is 13.7 Å². The quantitative estimate of drug-likeness (QED) is 0.830. The highest BCUT2D eigenvalue weighted by Crippen LogP contribution is 2.30. The summed E-state index contributed by atoms with van der Waals surface area (Å²) >= 11 is 5.98. The van der Waals surface area contributed by atoms with Gasteiger partial charge in [-0.1, -0.05) is 17.7 Å². The Morgan fingerprint density at radius 3 is 2.69 bits per heavy atom. The normalized spacial score (nSPS) is 12.2. The van der Waals surface area contributed by atoms with Gasteiger partial charge in [0.2, 0.25) is 0 Å². The Morgan fingerprint density at radius 2 is 2.25 bits per heavy atom. The van der Waals surface area contributed by atoms with Crippen molar-refractivity contribution in [2.24, 2.45) is 0 Å². The number of methoxy groups -OCH3 is 1. The Balaban J connectivity index is 2.96. The molecule has 0 saturated carbocycles. The summed E-state index contributed by atoms with van der Waals surface area (Å²) in [5, 5.41) is 18.2. The van der Waals surface area contributed by atoms with Gasteiger partial charge in [-0.15, -0.1) is 0 Å². The first-order chi connectivity index (χ1) is 7.58. The van der Waals surface area contributed by atoms with Gasteiger partial charge in [-0.05, 0) is 17.7 Å². The van der Waals surface area contributed by atoms with Crippen molar-refractivity contribution < 1.29 is 19.7 Å². The largest absolute Gasteiger partial charge is 0.497 e. The van der Waals surface area contributed by atoms with Crippen LogP contribution in [-0.4, -0.2) is 29.9 Å². The minimum Gasteiger partial charge on any atom is -0.497 e. The molecule has 0 heterocycles. The maximum absolute atomic E-state index is 10.6. The molecule has 0 spiro atoms. The van der Waals surface area contributed by atoms with Crippen molar-refractivity contribution in [1.82, 2.24) is 0 Å². The summed E-state index contributed by atoms with van der Waals surface area (Å²) in [6.45, 7) is -0.252. The van der Waals surface area contributed by atoms with Crippen LogP contribution in [0.15, 0.2) is 18.2 Å². The third-order valence-corrected chi connectivity index (χ3v) is 2.62. The molecule has 1 rings (SSSR count). The summed E-state index contributed by atoms with van der Waals surface area (Å²) < 4.78 is 4.98. The summed E-state index contributed by atoms with van der Waals surface area (Å²) in [6, 6.07) is 4.96. The number of carboxylic acid groups (broad SMARTS) is 1. The number of aliphatic hydroxyl groups is 1. The van der Waals surface area contributed by atoms with Gasteiger partial charge < -0.3 is 14.9 Å². The SMILES string of the molecule is COc1ccc(C(CO)CC(=O)O)c(Cl)c1. The van der Waals surface area contributed by atoms with Crippen molar-refractivity contribution in [3.63, 3.8) is 0 Å². The summed E-state index contributed by atoms with van der Waals surface area (Å²) in [5.41, 5.74) is 0.618. The molecule has 16 heavy (non-hydrogen) atoms. The van der Waals surface area contributed by atoms with Crippen molar-refractivity contribution in [2.45, 2.75) is 12.3 Å².